The summed E-state index contributed by atoms with van der Waals surface area (Å²) in [5, 5.41) is 5.04. The molecular weight excluding hydrogens is 412 g/mol. The Balaban J connectivity index is 1.46. The number of aryl methyl sites for hydroxylation is 1. The van der Waals surface area contributed by atoms with Crippen LogP contribution in [0.15, 0.2) is 29.2 Å². The van der Waals surface area contributed by atoms with E-state index in [-0.39, 0.29) is 16.0 Å². The molecule has 2 aliphatic heterocycles. The van der Waals surface area contributed by atoms with Crippen LogP contribution in [0.3, 0.4) is 0 Å². The first kappa shape index (κ1) is 20.8. The summed E-state index contributed by atoms with van der Waals surface area (Å²) < 4.78 is 36.1. The van der Waals surface area contributed by atoms with Crippen molar-refractivity contribution < 1.29 is 13.2 Å². The minimum absolute atomic E-state index is 0.131. The Morgan fingerprint density at radius 1 is 1.34 bits per heavy atom. The first-order valence-corrected chi connectivity index (χ1v) is 12.0. The van der Waals surface area contributed by atoms with Gasteiger partial charge >= 0.3 is 0 Å². The Morgan fingerprint density at radius 3 is 2.97 bits per heavy atom. The highest BCUT2D eigenvalue weighted by atomic mass is 35.5. The monoisotopic (exact) mass is 438 g/mol. The normalized spacial score (nSPS) is 20.6. The molecule has 1 unspecified atom stereocenters. The molecule has 3 heterocycles. The molecule has 1 aromatic heterocycles. The van der Waals surface area contributed by atoms with E-state index in [0.717, 1.165) is 44.7 Å². The Morgan fingerprint density at radius 2 is 2.17 bits per heavy atom. The summed E-state index contributed by atoms with van der Waals surface area (Å²) in [5.74, 6) is 0. The fraction of sp³-hybridized carbons (Fsp3) is 0.550. The van der Waals surface area contributed by atoms with Crippen LogP contribution in [-0.4, -0.2) is 48.8 Å². The van der Waals surface area contributed by atoms with Gasteiger partial charge in [-0.1, -0.05) is 23.7 Å². The summed E-state index contributed by atoms with van der Waals surface area (Å²) in [4.78, 5) is 2.41. The fourth-order valence-corrected chi connectivity index (χ4v) is 6.00. The van der Waals surface area contributed by atoms with Gasteiger partial charge in [-0.05, 0) is 38.4 Å². The second-order valence-corrected chi connectivity index (χ2v) is 9.71. The Kier molecular flexibility index (Phi) is 6.27. The SMILES string of the molecule is CCn1nc(CN2CCCC(NS(=O)(=O)c3ccccc3Cl)C2)c2c1CCOC2. The van der Waals surface area contributed by atoms with E-state index in [1.165, 1.54) is 17.3 Å². The van der Waals surface area contributed by atoms with Crippen molar-refractivity contribution in [3.8, 4) is 0 Å². The van der Waals surface area contributed by atoms with E-state index >= 15 is 0 Å². The maximum absolute atomic E-state index is 12.8. The summed E-state index contributed by atoms with van der Waals surface area (Å²) in [5.41, 5.74) is 3.54. The average Bonchev–Trinajstić information content (AvgIpc) is 3.06. The van der Waals surface area contributed by atoms with Crippen molar-refractivity contribution in [2.24, 2.45) is 0 Å². The first-order chi connectivity index (χ1) is 14.0. The summed E-state index contributed by atoms with van der Waals surface area (Å²) in [7, 11) is -3.65. The van der Waals surface area contributed by atoms with Gasteiger partial charge in [0.05, 0.1) is 23.9 Å². The zero-order valence-electron chi connectivity index (χ0n) is 16.6. The average molecular weight is 439 g/mol. The third-order valence-electron chi connectivity index (χ3n) is 5.61. The molecule has 9 heteroatoms. The number of piperidine rings is 1. The highest BCUT2D eigenvalue weighted by molar-refractivity contribution is 7.89. The van der Waals surface area contributed by atoms with Gasteiger partial charge in [0.25, 0.3) is 0 Å². The Labute approximate surface area is 177 Å². The van der Waals surface area contributed by atoms with Crippen LogP contribution in [0.1, 0.15) is 36.7 Å². The molecule has 0 aliphatic carbocycles. The second kappa shape index (κ2) is 8.73. The minimum Gasteiger partial charge on any atom is -0.376 e. The van der Waals surface area contributed by atoms with Gasteiger partial charge in [0, 0.05) is 43.4 Å². The molecule has 7 nitrogen and oxygen atoms in total. The predicted octanol–water partition coefficient (Wildman–Crippen LogP) is 2.57. The van der Waals surface area contributed by atoms with E-state index in [4.69, 9.17) is 21.4 Å². The number of sulfonamides is 1. The number of hydrogen-bond donors (Lipinski definition) is 1. The van der Waals surface area contributed by atoms with Gasteiger partial charge in [0.2, 0.25) is 10.0 Å². The van der Waals surface area contributed by atoms with Gasteiger partial charge in [0.1, 0.15) is 4.90 Å². The minimum atomic E-state index is -3.65. The lowest BCUT2D eigenvalue weighted by Gasteiger charge is -2.32. The third kappa shape index (κ3) is 4.51. The van der Waals surface area contributed by atoms with Gasteiger partial charge in [-0.3, -0.25) is 9.58 Å². The number of rotatable bonds is 6. The summed E-state index contributed by atoms with van der Waals surface area (Å²) in [6, 6.07) is 6.39. The van der Waals surface area contributed by atoms with Crippen molar-refractivity contribution in [2.75, 3.05) is 19.7 Å². The Hall–Kier alpha value is -1.45. The lowest BCUT2D eigenvalue weighted by Crippen LogP contribution is -2.47. The van der Waals surface area contributed by atoms with Crippen molar-refractivity contribution >= 4 is 21.6 Å². The van der Waals surface area contributed by atoms with Gasteiger partial charge in [-0.2, -0.15) is 5.10 Å². The molecular formula is C20H27ClN4O3S. The van der Waals surface area contributed by atoms with Crippen LogP contribution in [0.5, 0.6) is 0 Å². The van der Waals surface area contributed by atoms with Crippen molar-refractivity contribution in [3.05, 3.63) is 46.2 Å². The number of nitrogens with one attached hydrogen (secondary N) is 1. The molecule has 0 amide bonds. The number of hydrogen-bond acceptors (Lipinski definition) is 5. The van der Waals surface area contributed by atoms with Gasteiger partial charge < -0.3 is 4.74 Å². The van der Waals surface area contributed by atoms with E-state index in [9.17, 15) is 8.42 Å². The molecule has 1 N–H and O–H groups in total. The fourth-order valence-electron chi connectivity index (χ4n) is 4.22. The van der Waals surface area contributed by atoms with Crippen LogP contribution < -0.4 is 4.72 Å². The number of fused-ring (bicyclic) bond motifs is 1. The first-order valence-electron chi connectivity index (χ1n) is 10.1. The molecule has 2 aromatic rings. The molecule has 1 atom stereocenters. The quantitative estimate of drug-likeness (QED) is 0.750. The molecule has 0 bridgehead atoms. The predicted molar refractivity (Wildman–Crippen MR) is 111 cm³/mol. The highest BCUT2D eigenvalue weighted by Gasteiger charge is 2.28. The number of ether oxygens (including phenoxy) is 1. The summed E-state index contributed by atoms with van der Waals surface area (Å²) in [6.45, 7) is 6.60. The van der Waals surface area contributed by atoms with E-state index in [2.05, 4.69) is 21.2 Å². The van der Waals surface area contributed by atoms with Crippen LogP contribution >= 0.6 is 11.6 Å². The number of halogens is 1. The van der Waals surface area contributed by atoms with E-state index in [1.807, 2.05) is 0 Å². The van der Waals surface area contributed by atoms with Crippen molar-refractivity contribution in [3.63, 3.8) is 0 Å². The molecule has 4 rings (SSSR count). The number of likely N-dealkylation sites (tertiary alicyclic amines) is 1. The van der Waals surface area contributed by atoms with Crippen LogP contribution in [0.4, 0.5) is 0 Å². The standard InChI is InChI=1S/C20H27ClN4O3S/c1-2-25-19-9-11-28-14-16(19)18(22-25)13-24-10-5-6-15(12-24)23-29(26,27)20-8-4-3-7-17(20)21/h3-4,7-8,15,23H,2,5-6,9-14H2,1H3. The molecule has 0 spiro atoms. The molecule has 158 valence electrons. The van der Waals surface area contributed by atoms with Gasteiger partial charge in [0.15, 0.2) is 0 Å². The largest absolute Gasteiger partial charge is 0.376 e. The van der Waals surface area contributed by atoms with Crippen LogP contribution in [0.2, 0.25) is 5.02 Å². The Bertz CT molecular complexity index is 976. The lowest BCUT2D eigenvalue weighted by atomic mass is 10.0. The van der Waals surface area contributed by atoms with Crippen LogP contribution in [0, 0.1) is 0 Å². The third-order valence-corrected chi connectivity index (χ3v) is 7.63. The lowest BCUT2D eigenvalue weighted by molar-refractivity contribution is 0.107. The molecule has 0 saturated carbocycles. The zero-order valence-corrected chi connectivity index (χ0v) is 18.2. The van der Waals surface area contributed by atoms with Crippen molar-refractivity contribution in [1.82, 2.24) is 19.4 Å². The van der Waals surface area contributed by atoms with E-state index in [0.29, 0.717) is 19.7 Å². The van der Waals surface area contributed by atoms with Gasteiger partial charge in [-0.15, -0.1) is 0 Å². The molecule has 1 aromatic carbocycles. The maximum Gasteiger partial charge on any atom is 0.242 e. The van der Waals surface area contributed by atoms with Crippen molar-refractivity contribution in [2.45, 2.75) is 56.8 Å². The molecule has 1 fully saturated rings. The zero-order chi connectivity index (χ0) is 20.4. The second-order valence-electron chi connectivity index (χ2n) is 7.62. The topological polar surface area (TPSA) is 76.5 Å². The van der Waals surface area contributed by atoms with E-state index < -0.39 is 10.0 Å². The van der Waals surface area contributed by atoms with Crippen LogP contribution in [-0.2, 0) is 40.9 Å². The summed E-state index contributed by atoms with van der Waals surface area (Å²) in [6.07, 6.45) is 2.64. The number of benzene rings is 1. The van der Waals surface area contributed by atoms with Gasteiger partial charge in [-0.25, -0.2) is 13.1 Å². The number of nitrogens with zero attached hydrogens (tertiary/aromatic N) is 3. The molecule has 1 saturated heterocycles. The smallest absolute Gasteiger partial charge is 0.242 e. The van der Waals surface area contributed by atoms with Crippen molar-refractivity contribution in [1.29, 1.82) is 0 Å². The molecule has 29 heavy (non-hydrogen) atoms. The highest BCUT2D eigenvalue weighted by Crippen LogP contribution is 2.25. The molecule has 0 radical (unpaired) electrons. The number of aromatic nitrogens is 2. The molecule has 2 aliphatic rings. The van der Waals surface area contributed by atoms with Crippen LogP contribution in [0.25, 0.3) is 0 Å². The maximum atomic E-state index is 12.8. The summed E-state index contributed by atoms with van der Waals surface area (Å²) >= 11 is 6.09. The van der Waals surface area contributed by atoms with E-state index in [1.54, 1.807) is 18.2 Å².